The number of hydrogen-bond donors (Lipinski definition) is 1. The summed E-state index contributed by atoms with van der Waals surface area (Å²) in [5.41, 5.74) is 0.758. The molecule has 0 bridgehead atoms. The lowest BCUT2D eigenvalue weighted by atomic mass is 10.1. The molecule has 0 aromatic carbocycles. The van der Waals surface area contributed by atoms with Gasteiger partial charge < -0.3 is 10.2 Å². The monoisotopic (exact) mass is 250 g/mol. The van der Waals surface area contributed by atoms with Crippen LogP contribution in [0, 0.1) is 18.3 Å². The number of nitrogens with zero attached hydrogens (tertiary/aromatic N) is 3. The zero-order valence-electron chi connectivity index (χ0n) is 10.2. The van der Waals surface area contributed by atoms with Gasteiger partial charge in [-0.3, -0.25) is 4.79 Å². The average molecular weight is 250 g/mol. The maximum atomic E-state index is 12.1. The van der Waals surface area contributed by atoms with Gasteiger partial charge in [0.25, 0.3) is 0 Å². The molecule has 0 aliphatic carbocycles. The van der Waals surface area contributed by atoms with Gasteiger partial charge in [0, 0.05) is 27.3 Å². The largest absolute Gasteiger partial charge is 0.382 e. The van der Waals surface area contributed by atoms with E-state index in [0.717, 1.165) is 0 Å². The maximum absolute atomic E-state index is 12.1. The molecule has 0 aliphatic rings. The molecule has 1 rings (SSSR count). The van der Waals surface area contributed by atoms with E-state index in [-0.39, 0.29) is 11.4 Å². The maximum Gasteiger partial charge on any atom is 0.216 e. The van der Waals surface area contributed by atoms with Gasteiger partial charge in [-0.15, -0.1) is 0 Å². The third-order valence-electron chi connectivity index (χ3n) is 1.97. The molecule has 1 N–H and O–H groups in total. The Labute approximate surface area is 104 Å². The van der Waals surface area contributed by atoms with Crippen molar-refractivity contribution in [2.24, 2.45) is 0 Å². The Kier molecular flexibility index (Phi) is 4.24. The molecule has 1 aromatic rings. The van der Waals surface area contributed by atoms with Crippen molar-refractivity contribution in [1.29, 1.82) is 5.26 Å². The number of carbonyl (C=O) groups excluding carboxylic acids is 1. The lowest BCUT2D eigenvalue weighted by Gasteiger charge is -2.05. The average Bonchev–Trinajstić information content (AvgIpc) is 2.66. The normalized spacial score (nSPS) is 10.9. The van der Waals surface area contributed by atoms with Crippen LogP contribution in [-0.4, -0.2) is 36.8 Å². The summed E-state index contributed by atoms with van der Waals surface area (Å²) >= 11 is 1.26. The lowest BCUT2D eigenvalue weighted by Crippen LogP contribution is -2.08. The van der Waals surface area contributed by atoms with Crippen LogP contribution in [0.1, 0.15) is 15.4 Å². The topological polar surface area (TPSA) is 69.0 Å². The minimum absolute atomic E-state index is 0.115. The molecule has 90 valence electrons. The van der Waals surface area contributed by atoms with Gasteiger partial charge in [0.05, 0.1) is 5.69 Å². The first-order chi connectivity index (χ1) is 7.99. The van der Waals surface area contributed by atoms with E-state index >= 15 is 0 Å². The summed E-state index contributed by atoms with van der Waals surface area (Å²) in [6, 6.07) is 1.91. The van der Waals surface area contributed by atoms with Gasteiger partial charge in [0.2, 0.25) is 5.78 Å². The Morgan fingerprint density at radius 2 is 2.24 bits per heavy atom. The Bertz CT molecular complexity index is 496. The summed E-state index contributed by atoms with van der Waals surface area (Å²) < 4.78 is 0. The van der Waals surface area contributed by atoms with Crippen molar-refractivity contribution in [2.45, 2.75) is 6.92 Å². The third-order valence-corrected chi connectivity index (χ3v) is 3.14. The lowest BCUT2D eigenvalue weighted by molar-refractivity contribution is 0.104. The third kappa shape index (κ3) is 3.04. The summed E-state index contributed by atoms with van der Waals surface area (Å²) in [7, 11) is 5.28. The van der Waals surface area contributed by atoms with Crippen LogP contribution >= 0.6 is 11.3 Å². The highest BCUT2D eigenvalue weighted by Crippen LogP contribution is 2.24. The molecule has 0 fully saturated rings. The molecule has 0 unspecified atom stereocenters. The van der Waals surface area contributed by atoms with Crippen LogP contribution < -0.4 is 5.32 Å². The molecule has 0 aliphatic heterocycles. The van der Waals surface area contributed by atoms with Crippen LogP contribution in [0.15, 0.2) is 11.8 Å². The summed E-state index contributed by atoms with van der Waals surface area (Å²) in [5.74, 6) is -0.280. The van der Waals surface area contributed by atoms with Gasteiger partial charge >= 0.3 is 0 Å². The minimum Gasteiger partial charge on any atom is -0.382 e. The van der Waals surface area contributed by atoms with E-state index in [1.807, 2.05) is 6.07 Å². The van der Waals surface area contributed by atoms with Gasteiger partial charge in [-0.25, -0.2) is 4.98 Å². The highest BCUT2D eigenvalue weighted by atomic mass is 32.1. The van der Waals surface area contributed by atoms with E-state index in [9.17, 15) is 4.79 Å². The first-order valence-corrected chi connectivity index (χ1v) is 5.79. The predicted octanol–water partition coefficient (Wildman–Crippen LogP) is 1.65. The molecule has 1 aromatic heterocycles. The van der Waals surface area contributed by atoms with Crippen LogP contribution in [-0.2, 0) is 0 Å². The number of aromatic nitrogens is 1. The molecule has 6 heteroatoms. The number of aryl methyl sites for hydroxylation is 1. The van der Waals surface area contributed by atoms with E-state index in [1.54, 1.807) is 33.0 Å². The van der Waals surface area contributed by atoms with Crippen molar-refractivity contribution >= 4 is 22.3 Å². The molecule has 0 saturated heterocycles. The minimum atomic E-state index is -0.280. The molecular formula is C11H14N4OS. The second-order valence-corrected chi connectivity index (χ2v) is 4.63. The molecule has 5 nitrogen and oxygen atoms in total. The Morgan fingerprint density at radius 1 is 1.59 bits per heavy atom. The second kappa shape index (κ2) is 5.46. The van der Waals surface area contributed by atoms with Crippen LogP contribution in [0.2, 0.25) is 0 Å². The molecule has 0 spiro atoms. The fourth-order valence-corrected chi connectivity index (χ4v) is 2.11. The highest BCUT2D eigenvalue weighted by molar-refractivity contribution is 7.17. The molecule has 0 atom stereocenters. The highest BCUT2D eigenvalue weighted by Gasteiger charge is 2.19. The number of anilines is 1. The number of hydrogen-bond acceptors (Lipinski definition) is 6. The zero-order valence-corrected chi connectivity index (χ0v) is 11.1. The van der Waals surface area contributed by atoms with Crippen LogP contribution in [0.5, 0.6) is 0 Å². The van der Waals surface area contributed by atoms with E-state index < -0.39 is 0 Å². The Hall–Kier alpha value is -1.87. The number of nitrogens with one attached hydrogen (secondary N) is 1. The van der Waals surface area contributed by atoms with Crippen molar-refractivity contribution < 1.29 is 4.79 Å². The van der Waals surface area contributed by atoms with Gasteiger partial charge in [0.1, 0.15) is 16.5 Å². The van der Waals surface area contributed by atoms with E-state index in [1.165, 1.54) is 17.5 Å². The molecule has 0 amide bonds. The van der Waals surface area contributed by atoms with Crippen molar-refractivity contribution in [3.05, 3.63) is 22.3 Å². The van der Waals surface area contributed by atoms with Crippen molar-refractivity contribution in [1.82, 2.24) is 9.88 Å². The number of ketones is 1. The Balaban J connectivity index is 3.11. The summed E-state index contributed by atoms with van der Waals surface area (Å²) in [4.78, 5) is 18.4. The second-order valence-electron chi connectivity index (χ2n) is 3.63. The Morgan fingerprint density at radius 3 is 2.65 bits per heavy atom. The molecule has 17 heavy (non-hydrogen) atoms. The van der Waals surface area contributed by atoms with Crippen molar-refractivity contribution in [3.8, 4) is 6.07 Å². The van der Waals surface area contributed by atoms with Crippen LogP contribution in [0.4, 0.5) is 5.13 Å². The van der Waals surface area contributed by atoms with Crippen LogP contribution in [0.3, 0.4) is 0 Å². The number of carbonyl (C=O) groups is 1. The predicted molar refractivity (Wildman–Crippen MR) is 68.1 cm³/mol. The van der Waals surface area contributed by atoms with Gasteiger partial charge in [0.15, 0.2) is 5.13 Å². The number of thiazole rings is 1. The summed E-state index contributed by atoms with van der Waals surface area (Å²) in [6.07, 6.45) is 1.51. The van der Waals surface area contributed by atoms with Gasteiger partial charge in [-0.05, 0) is 6.92 Å². The quantitative estimate of drug-likeness (QED) is 0.500. The molecular weight excluding hydrogens is 236 g/mol. The van der Waals surface area contributed by atoms with Gasteiger partial charge in [-0.2, -0.15) is 5.26 Å². The fraction of sp³-hybridized carbons (Fsp3) is 0.364. The van der Waals surface area contributed by atoms with E-state index in [2.05, 4.69) is 10.3 Å². The van der Waals surface area contributed by atoms with Gasteiger partial charge in [-0.1, -0.05) is 11.3 Å². The SMILES string of the molecule is CNc1nc(C)c(C(=O)/C(C#N)=C\N(C)C)s1. The zero-order chi connectivity index (χ0) is 13.0. The molecule has 0 saturated carbocycles. The first kappa shape index (κ1) is 13.2. The van der Waals surface area contributed by atoms with E-state index in [0.29, 0.717) is 15.7 Å². The number of Topliss-reactive ketones (excluding diaryl/α,β-unsaturated/α-hetero) is 1. The van der Waals surface area contributed by atoms with Crippen molar-refractivity contribution in [2.75, 3.05) is 26.5 Å². The number of rotatable bonds is 4. The molecule has 1 heterocycles. The summed E-state index contributed by atoms with van der Waals surface area (Å²) in [5, 5.41) is 12.5. The fourth-order valence-electron chi connectivity index (χ4n) is 1.23. The standard InChI is InChI=1S/C11H14N4OS/c1-7-10(17-11(13-2)14-7)9(16)8(5-12)6-15(3)4/h6H,1-4H3,(H,13,14)/b8-6-. The van der Waals surface area contributed by atoms with Crippen LogP contribution in [0.25, 0.3) is 0 Å². The first-order valence-electron chi connectivity index (χ1n) is 4.97. The number of allylic oxidation sites excluding steroid dienone is 1. The van der Waals surface area contributed by atoms with Crippen molar-refractivity contribution in [3.63, 3.8) is 0 Å². The van der Waals surface area contributed by atoms with E-state index in [4.69, 9.17) is 5.26 Å². The molecule has 0 radical (unpaired) electrons. The number of nitriles is 1. The smallest absolute Gasteiger partial charge is 0.216 e. The summed E-state index contributed by atoms with van der Waals surface area (Å²) in [6.45, 7) is 1.76.